The highest BCUT2D eigenvalue weighted by molar-refractivity contribution is 5.98. The maximum atomic E-state index is 13.6. The quantitative estimate of drug-likeness (QED) is 0.0996. The molecule has 0 saturated heterocycles. The average Bonchev–Trinajstić information content (AvgIpc) is 3.41. The van der Waals surface area contributed by atoms with Crippen molar-refractivity contribution in [3.8, 4) is 11.1 Å². The molecule has 2 atom stereocenters. The zero-order valence-corrected chi connectivity index (χ0v) is 29.7. The summed E-state index contributed by atoms with van der Waals surface area (Å²) in [4.78, 5) is 62.7. The Bertz CT molecular complexity index is 1660. The van der Waals surface area contributed by atoms with Crippen LogP contribution in [0.5, 0.6) is 0 Å². The molecule has 7 N–H and O–H groups in total. The number of aliphatic carboxylic acids is 1. The zero-order chi connectivity index (χ0) is 37.1. The van der Waals surface area contributed by atoms with Gasteiger partial charge in [-0.25, -0.2) is 9.59 Å². The maximum Gasteiger partial charge on any atom is 0.407 e. The Morgan fingerprint density at radius 2 is 1.45 bits per heavy atom. The first-order valence-electron chi connectivity index (χ1n) is 17.3. The molecule has 1 aliphatic rings. The lowest BCUT2D eigenvalue weighted by Crippen LogP contribution is -2.54. The summed E-state index contributed by atoms with van der Waals surface area (Å²) in [7, 11) is 0. The maximum absolute atomic E-state index is 13.6. The zero-order valence-electron chi connectivity index (χ0n) is 29.7. The molecule has 12 nitrogen and oxygen atoms in total. The average molecular weight is 700 g/mol. The first kappa shape index (κ1) is 38.4. The van der Waals surface area contributed by atoms with E-state index in [9.17, 15) is 29.1 Å². The van der Waals surface area contributed by atoms with E-state index in [0.717, 1.165) is 27.8 Å². The minimum Gasteiger partial charge on any atom is -0.481 e. The topological polar surface area (TPSA) is 189 Å². The van der Waals surface area contributed by atoms with Crippen molar-refractivity contribution in [2.24, 2.45) is 17.1 Å². The number of amides is 5. The van der Waals surface area contributed by atoms with E-state index in [1.807, 2.05) is 60.7 Å². The van der Waals surface area contributed by atoms with Gasteiger partial charge in [0, 0.05) is 18.2 Å². The Balaban J connectivity index is 1.37. The second-order valence-corrected chi connectivity index (χ2v) is 13.9. The number of alkyl carbamates (subject to hydrolysis) is 1. The number of carbonyl (C=O) groups excluding carboxylic acids is 4. The molecule has 4 rings (SSSR count). The lowest BCUT2D eigenvalue weighted by Gasteiger charge is -2.25. The smallest absolute Gasteiger partial charge is 0.407 e. The number of aryl methyl sites for hydroxylation is 1. The number of hydrogen-bond acceptors (Lipinski definition) is 6. The summed E-state index contributed by atoms with van der Waals surface area (Å²) in [6.45, 7) is 7.26. The van der Waals surface area contributed by atoms with Crippen LogP contribution in [-0.2, 0) is 25.5 Å². The number of nitrogens with two attached hydrogens (primary N) is 1. The Labute approximate surface area is 298 Å². The third kappa shape index (κ3) is 10.6. The highest BCUT2D eigenvalue weighted by Gasteiger charge is 2.32. The second kappa shape index (κ2) is 17.5. The van der Waals surface area contributed by atoms with E-state index in [-0.39, 0.29) is 31.4 Å². The van der Waals surface area contributed by atoms with Crippen LogP contribution >= 0.6 is 0 Å². The van der Waals surface area contributed by atoms with Crippen molar-refractivity contribution >= 4 is 35.6 Å². The fourth-order valence-electron chi connectivity index (χ4n) is 6.18. The van der Waals surface area contributed by atoms with E-state index in [1.54, 1.807) is 39.8 Å². The molecular weight excluding hydrogens is 650 g/mol. The van der Waals surface area contributed by atoms with Crippen LogP contribution in [0.1, 0.15) is 76.0 Å². The number of hydrogen-bond donors (Lipinski definition) is 6. The van der Waals surface area contributed by atoms with Crippen LogP contribution in [0, 0.1) is 11.3 Å². The van der Waals surface area contributed by atoms with Crippen molar-refractivity contribution in [2.75, 3.05) is 18.5 Å². The van der Waals surface area contributed by atoms with Gasteiger partial charge in [0.2, 0.25) is 11.8 Å². The fraction of sp³-hybridized carbons (Fsp3) is 0.410. The van der Waals surface area contributed by atoms with Crippen LogP contribution in [0.25, 0.3) is 11.1 Å². The van der Waals surface area contributed by atoms with Gasteiger partial charge < -0.3 is 36.8 Å². The number of carbonyl (C=O) groups is 5. The molecule has 272 valence electrons. The highest BCUT2D eigenvalue weighted by Crippen LogP contribution is 2.44. The van der Waals surface area contributed by atoms with Crippen molar-refractivity contribution in [3.05, 3.63) is 89.5 Å². The van der Waals surface area contributed by atoms with E-state index in [0.29, 0.717) is 31.4 Å². The predicted octanol–water partition coefficient (Wildman–Crippen LogP) is 5.56. The highest BCUT2D eigenvalue weighted by atomic mass is 16.5. The largest absolute Gasteiger partial charge is 0.481 e. The number of nitrogens with one attached hydrogen (secondary N) is 4. The molecule has 51 heavy (non-hydrogen) atoms. The molecule has 0 radical (unpaired) electrons. The molecule has 0 aliphatic heterocycles. The molecular formula is C39H49N5O7. The third-order valence-electron chi connectivity index (χ3n) is 9.24. The Hall–Kier alpha value is -5.39. The van der Waals surface area contributed by atoms with Crippen molar-refractivity contribution in [3.63, 3.8) is 0 Å². The number of primary amides is 1. The van der Waals surface area contributed by atoms with Crippen molar-refractivity contribution < 1.29 is 33.8 Å². The van der Waals surface area contributed by atoms with Crippen LogP contribution in [0.15, 0.2) is 72.8 Å². The van der Waals surface area contributed by atoms with Crippen LogP contribution in [-0.4, -0.2) is 60.2 Å². The molecule has 1 aliphatic carbocycles. The van der Waals surface area contributed by atoms with Gasteiger partial charge in [-0.1, -0.05) is 74.5 Å². The Morgan fingerprint density at radius 3 is 2.02 bits per heavy atom. The van der Waals surface area contributed by atoms with Gasteiger partial charge >= 0.3 is 18.1 Å². The molecule has 0 bridgehead atoms. The monoisotopic (exact) mass is 699 g/mol. The summed E-state index contributed by atoms with van der Waals surface area (Å²) in [6, 6.07) is 20.5. The van der Waals surface area contributed by atoms with Gasteiger partial charge in [0.05, 0.1) is 5.41 Å². The van der Waals surface area contributed by atoms with Crippen LogP contribution in [0.3, 0.4) is 0 Å². The van der Waals surface area contributed by atoms with Gasteiger partial charge in [-0.3, -0.25) is 14.4 Å². The van der Waals surface area contributed by atoms with Crippen LogP contribution in [0.4, 0.5) is 15.3 Å². The number of anilines is 1. The molecule has 12 heteroatoms. The molecule has 5 amide bonds. The van der Waals surface area contributed by atoms with E-state index < -0.39 is 47.4 Å². The van der Waals surface area contributed by atoms with Crippen molar-refractivity contribution in [2.45, 2.75) is 77.8 Å². The van der Waals surface area contributed by atoms with Gasteiger partial charge in [0.15, 0.2) is 0 Å². The Kier molecular flexibility index (Phi) is 13.2. The molecule has 0 unspecified atom stereocenters. The third-order valence-corrected chi connectivity index (χ3v) is 9.24. The van der Waals surface area contributed by atoms with E-state index in [2.05, 4.69) is 21.3 Å². The molecule has 0 saturated carbocycles. The van der Waals surface area contributed by atoms with Gasteiger partial charge in [-0.15, -0.1) is 0 Å². The summed E-state index contributed by atoms with van der Waals surface area (Å²) >= 11 is 0. The van der Waals surface area contributed by atoms with Crippen molar-refractivity contribution in [1.29, 1.82) is 0 Å². The number of benzene rings is 3. The van der Waals surface area contributed by atoms with Gasteiger partial charge in [-0.05, 0) is 91.8 Å². The lowest BCUT2D eigenvalue weighted by molar-refractivity contribution is -0.147. The second-order valence-electron chi connectivity index (χ2n) is 13.9. The summed E-state index contributed by atoms with van der Waals surface area (Å²) < 4.78 is 5.68. The molecule has 0 aromatic heterocycles. The van der Waals surface area contributed by atoms with Gasteiger partial charge in [0.25, 0.3) is 0 Å². The minimum absolute atomic E-state index is 0.0866. The minimum atomic E-state index is -0.995. The van der Waals surface area contributed by atoms with Gasteiger partial charge in [0.1, 0.15) is 18.7 Å². The first-order valence-corrected chi connectivity index (χ1v) is 17.3. The summed E-state index contributed by atoms with van der Waals surface area (Å²) in [6.07, 6.45) is 1.69. The van der Waals surface area contributed by atoms with Gasteiger partial charge in [-0.2, -0.15) is 0 Å². The molecule has 3 aromatic carbocycles. The normalized spacial score (nSPS) is 13.4. The first-order chi connectivity index (χ1) is 24.3. The summed E-state index contributed by atoms with van der Waals surface area (Å²) in [5.41, 5.74) is 10.2. The molecule has 0 spiro atoms. The van der Waals surface area contributed by atoms with Crippen LogP contribution < -0.4 is 27.0 Å². The molecule has 0 fully saturated rings. The molecule has 0 heterocycles. The van der Waals surface area contributed by atoms with E-state index in [4.69, 9.17) is 10.5 Å². The summed E-state index contributed by atoms with van der Waals surface area (Å²) in [5, 5.41) is 20.1. The number of urea groups is 1. The summed E-state index contributed by atoms with van der Waals surface area (Å²) in [5.74, 6) is -2.34. The van der Waals surface area contributed by atoms with E-state index >= 15 is 0 Å². The number of fused-ring (bicyclic) bond motifs is 3. The van der Waals surface area contributed by atoms with Crippen molar-refractivity contribution in [1.82, 2.24) is 16.0 Å². The SMILES string of the molecule is CC(C)[C@H](NC(=O)OCC1c2ccccc2-c2ccccc21)C(=O)N[C@@H](CCCNC(N)=O)C(=O)Nc1ccc(CCCC(C)(C)C(=O)O)cc1. The number of ether oxygens (including phenoxy) is 1. The standard InChI is InChI=1S/C39H49N5O7/c1-24(2)33(44-38(50)51-23-31-29-14-7-5-12-27(29)28-13-6-8-15-30(28)31)35(46)43-32(16-10-22-41-37(40)49)34(45)42-26-19-17-25(18-20-26)11-9-21-39(3,4)36(47)48/h5-8,12-15,17-20,24,31-33H,9-11,16,21-23H2,1-4H3,(H,42,45)(H,43,46)(H,44,50)(H,47,48)(H3,40,41,49)/t32-,33-/m0/s1. The van der Waals surface area contributed by atoms with E-state index in [1.165, 1.54) is 0 Å². The number of rotatable bonds is 17. The predicted molar refractivity (Wildman–Crippen MR) is 195 cm³/mol. The number of carboxylic acid groups (broad SMARTS) is 1. The van der Waals surface area contributed by atoms with Crippen LogP contribution in [0.2, 0.25) is 0 Å². The lowest BCUT2D eigenvalue weighted by atomic mass is 9.87. The number of carboxylic acids is 1. The fourth-order valence-corrected chi connectivity index (χ4v) is 6.18. The molecule has 3 aromatic rings. The Morgan fingerprint density at radius 1 is 0.843 bits per heavy atom.